The average Bonchev–Trinajstić information content (AvgIpc) is 3.26. The molecule has 3 aromatic carbocycles. The zero-order chi connectivity index (χ0) is 26.0. The highest BCUT2D eigenvalue weighted by molar-refractivity contribution is 5.88. The Balaban J connectivity index is 1.63. The number of halogens is 3. The van der Waals surface area contributed by atoms with Crippen LogP contribution in [0.15, 0.2) is 66.7 Å². The summed E-state index contributed by atoms with van der Waals surface area (Å²) in [5.41, 5.74) is 2.94. The van der Waals surface area contributed by atoms with Crippen LogP contribution in [0, 0.1) is 6.92 Å². The van der Waals surface area contributed by atoms with E-state index in [1.54, 1.807) is 30.3 Å². The summed E-state index contributed by atoms with van der Waals surface area (Å²) in [6.07, 6.45) is -4.55. The van der Waals surface area contributed by atoms with Crippen LogP contribution in [-0.2, 0) is 12.8 Å². The van der Waals surface area contributed by atoms with Crippen molar-refractivity contribution in [3.05, 3.63) is 94.8 Å². The number of aromatic nitrogens is 3. The van der Waals surface area contributed by atoms with Gasteiger partial charge in [0.2, 0.25) is 0 Å². The van der Waals surface area contributed by atoms with Gasteiger partial charge in [0.15, 0.2) is 0 Å². The van der Waals surface area contributed by atoms with E-state index >= 15 is 0 Å². The first-order valence-electron chi connectivity index (χ1n) is 11.2. The number of aromatic carboxylic acids is 1. The molecule has 0 aliphatic rings. The van der Waals surface area contributed by atoms with E-state index in [1.807, 2.05) is 32.9 Å². The number of nitrogens with zero attached hydrogens (tertiary/aromatic N) is 3. The first-order chi connectivity index (χ1) is 17.1. The molecule has 1 heterocycles. The summed E-state index contributed by atoms with van der Waals surface area (Å²) >= 11 is 0. The zero-order valence-electron chi connectivity index (χ0n) is 19.9. The van der Waals surface area contributed by atoms with Crippen LogP contribution in [0.5, 0.6) is 5.75 Å². The van der Waals surface area contributed by atoms with Crippen molar-refractivity contribution in [3.63, 3.8) is 0 Å². The molecule has 186 valence electrons. The molecular weight excluding hydrogens is 471 g/mol. The normalized spacial score (nSPS) is 11.6. The Morgan fingerprint density at radius 2 is 1.75 bits per heavy atom. The van der Waals surface area contributed by atoms with Crippen LogP contribution in [-0.4, -0.2) is 26.1 Å². The second-order valence-corrected chi connectivity index (χ2v) is 8.65. The van der Waals surface area contributed by atoms with Crippen LogP contribution in [0.1, 0.15) is 52.6 Å². The van der Waals surface area contributed by atoms with Crippen molar-refractivity contribution in [1.29, 1.82) is 0 Å². The van der Waals surface area contributed by atoms with Crippen molar-refractivity contribution in [2.24, 2.45) is 0 Å². The van der Waals surface area contributed by atoms with Crippen LogP contribution in [0.4, 0.5) is 13.2 Å². The highest BCUT2D eigenvalue weighted by Gasteiger charge is 2.35. The van der Waals surface area contributed by atoms with Crippen molar-refractivity contribution >= 4 is 5.97 Å². The van der Waals surface area contributed by atoms with Crippen LogP contribution in [0.25, 0.3) is 16.8 Å². The SMILES string of the molecule is Cc1cc(OCc2c(C(C)C)nnn2-c2ccccc2C(F)(F)F)ccc1-c1ccc(C(=O)O)cc1. The van der Waals surface area contributed by atoms with Gasteiger partial charge in [-0.05, 0) is 65.9 Å². The molecule has 36 heavy (non-hydrogen) atoms. The van der Waals surface area contributed by atoms with Crippen LogP contribution < -0.4 is 4.74 Å². The lowest BCUT2D eigenvalue weighted by molar-refractivity contribution is -0.137. The summed E-state index contributed by atoms with van der Waals surface area (Å²) in [6.45, 7) is 5.65. The Morgan fingerprint density at radius 3 is 2.36 bits per heavy atom. The number of alkyl halides is 3. The number of carboxylic acids is 1. The topological polar surface area (TPSA) is 77.2 Å². The Labute approximate surface area is 206 Å². The number of carbonyl (C=O) groups is 1. The summed E-state index contributed by atoms with van der Waals surface area (Å²) in [4.78, 5) is 11.1. The molecule has 0 radical (unpaired) electrons. The molecule has 9 heteroatoms. The van der Waals surface area contributed by atoms with E-state index < -0.39 is 17.7 Å². The molecule has 1 N–H and O–H groups in total. The molecule has 4 rings (SSSR count). The highest BCUT2D eigenvalue weighted by atomic mass is 19.4. The summed E-state index contributed by atoms with van der Waals surface area (Å²) < 4.78 is 48.1. The fourth-order valence-corrected chi connectivity index (χ4v) is 3.98. The van der Waals surface area contributed by atoms with Gasteiger partial charge in [0, 0.05) is 0 Å². The Hall–Kier alpha value is -4.14. The van der Waals surface area contributed by atoms with Crippen LogP contribution in [0.3, 0.4) is 0 Å². The summed E-state index contributed by atoms with van der Waals surface area (Å²) in [7, 11) is 0. The molecular formula is C27H24F3N3O3. The minimum absolute atomic E-state index is 0.0290. The average molecular weight is 496 g/mol. The fraction of sp³-hybridized carbons (Fsp3) is 0.222. The second-order valence-electron chi connectivity index (χ2n) is 8.65. The predicted octanol–water partition coefficient (Wildman–Crippen LogP) is 6.66. The van der Waals surface area contributed by atoms with Crippen molar-refractivity contribution < 1.29 is 27.8 Å². The standard InChI is InChI=1S/C27H24F3N3O3/c1-16(2)25-24(33(32-31-25)23-7-5-4-6-22(23)27(28,29)30)15-36-20-12-13-21(17(3)14-20)18-8-10-19(11-9-18)26(34)35/h4-14,16H,15H2,1-3H3,(H,34,35). The number of benzene rings is 3. The Morgan fingerprint density at radius 1 is 1.06 bits per heavy atom. The number of rotatable bonds is 7. The molecule has 6 nitrogen and oxygen atoms in total. The second kappa shape index (κ2) is 9.85. The molecule has 0 aliphatic carbocycles. The predicted molar refractivity (Wildman–Crippen MR) is 128 cm³/mol. The van der Waals surface area contributed by atoms with E-state index in [4.69, 9.17) is 9.84 Å². The van der Waals surface area contributed by atoms with E-state index in [2.05, 4.69) is 10.3 Å². The van der Waals surface area contributed by atoms with Crippen molar-refractivity contribution in [2.75, 3.05) is 0 Å². The number of hydrogen-bond donors (Lipinski definition) is 1. The maximum absolute atomic E-state index is 13.6. The quantitative estimate of drug-likeness (QED) is 0.310. The van der Waals surface area contributed by atoms with Crippen molar-refractivity contribution in [2.45, 2.75) is 39.5 Å². The Kier molecular flexibility index (Phi) is 6.83. The van der Waals surface area contributed by atoms with Gasteiger partial charge in [-0.15, -0.1) is 5.10 Å². The maximum atomic E-state index is 13.6. The largest absolute Gasteiger partial charge is 0.487 e. The molecule has 0 aliphatic heterocycles. The number of hydrogen-bond acceptors (Lipinski definition) is 4. The van der Waals surface area contributed by atoms with E-state index in [0.717, 1.165) is 22.8 Å². The van der Waals surface area contributed by atoms with Gasteiger partial charge in [-0.25, -0.2) is 9.48 Å². The third-order valence-electron chi connectivity index (χ3n) is 5.79. The van der Waals surface area contributed by atoms with Gasteiger partial charge in [0.25, 0.3) is 0 Å². The third kappa shape index (κ3) is 5.10. The Bertz CT molecular complexity index is 1390. The number of para-hydroxylation sites is 1. The molecule has 0 amide bonds. The zero-order valence-corrected chi connectivity index (χ0v) is 19.9. The smallest absolute Gasteiger partial charge is 0.418 e. The van der Waals surface area contributed by atoms with Gasteiger partial charge in [0.05, 0.1) is 22.5 Å². The van der Waals surface area contributed by atoms with Gasteiger partial charge in [0.1, 0.15) is 18.1 Å². The summed E-state index contributed by atoms with van der Waals surface area (Å²) in [5, 5.41) is 17.3. The minimum Gasteiger partial charge on any atom is -0.487 e. The minimum atomic E-state index is -4.55. The molecule has 0 bridgehead atoms. The molecule has 0 saturated heterocycles. The highest BCUT2D eigenvalue weighted by Crippen LogP contribution is 2.35. The van der Waals surface area contributed by atoms with Crippen LogP contribution in [0.2, 0.25) is 0 Å². The molecule has 1 aromatic heterocycles. The van der Waals surface area contributed by atoms with Crippen molar-refractivity contribution in [3.8, 4) is 22.6 Å². The summed E-state index contributed by atoms with van der Waals surface area (Å²) in [6, 6.07) is 17.3. The van der Waals surface area contributed by atoms with E-state index in [-0.39, 0.29) is 23.8 Å². The van der Waals surface area contributed by atoms with Gasteiger partial charge < -0.3 is 9.84 Å². The van der Waals surface area contributed by atoms with E-state index in [9.17, 15) is 18.0 Å². The van der Waals surface area contributed by atoms with Gasteiger partial charge >= 0.3 is 12.1 Å². The lowest BCUT2D eigenvalue weighted by Crippen LogP contribution is -2.14. The third-order valence-corrected chi connectivity index (χ3v) is 5.79. The van der Waals surface area contributed by atoms with Crippen molar-refractivity contribution in [1.82, 2.24) is 15.0 Å². The maximum Gasteiger partial charge on any atom is 0.418 e. The lowest BCUT2D eigenvalue weighted by atomic mass is 9.99. The van der Waals surface area contributed by atoms with E-state index in [1.165, 1.54) is 22.9 Å². The van der Waals surface area contributed by atoms with Gasteiger partial charge in [-0.3, -0.25) is 0 Å². The lowest BCUT2D eigenvalue weighted by Gasteiger charge is -2.16. The molecule has 0 saturated carbocycles. The molecule has 4 aromatic rings. The first kappa shape index (κ1) is 25.0. The monoisotopic (exact) mass is 495 g/mol. The summed E-state index contributed by atoms with van der Waals surface area (Å²) in [5.74, 6) is -0.535. The molecule has 0 unspecified atom stereocenters. The number of aryl methyl sites for hydroxylation is 1. The molecule has 0 atom stereocenters. The van der Waals surface area contributed by atoms with E-state index in [0.29, 0.717) is 17.1 Å². The number of ether oxygens (including phenoxy) is 1. The number of carboxylic acid groups (broad SMARTS) is 1. The van der Waals surface area contributed by atoms with Gasteiger partial charge in [-0.2, -0.15) is 13.2 Å². The first-order valence-corrected chi connectivity index (χ1v) is 11.2. The molecule has 0 spiro atoms. The van der Waals surface area contributed by atoms with Gasteiger partial charge in [-0.1, -0.05) is 49.4 Å². The molecule has 0 fully saturated rings. The fourth-order valence-electron chi connectivity index (χ4n) is 3.98. The van der Waals surface area contributed by atoms with Crippen LogP contribution >= 0.6 is 0 Å².